The molecule has 0 atom stereocenters. The molecule has 0 radical (unpaired) electrons. The van der Waals surface area contributed by atoms with E-state index in [1.807, 2.05) is 140 Å². The second-order valence-corrected chi connectivity index (χ2v) is 35.1. The van der Waals surface area contributed by atoms with Crippen molar-refractivity contribution in [3.05, 3.63) is 365 Å². The average Bonchev–Trinajstić information content (AvgIpc) is 1.63. The van der Waals surface area contributed by atoms with Crippen LogP contribution in [0.2, 0.25) is 0 Å². The van der Waals surface area contributed by atoms with Crippen molar-refractivity contribution in [2.24, 2.45) is 0 Å². The fourth-order valence-electron chi connectivity index (χ4n) is 16.5. The van der Waals surface area contributed by atoms with E-state index in [-0.39, 0.29) is 54.4 Å². The lowest BCUT2D eigenvalue weighted by Gasteiger charge is -2.12. The van der Waals surface area contributed by atoms with Gasteiger partial charge in [0, 0.05) is 188 Å². The maximum atomic E-state index is 13.3. The first-order valence-corrected chi connectivity index (χ1v) is 45.4. The summed E-state index contributed by atoms with van der Waals surface area (Å²) in [6.07, 6.45) is 12.1. The van der Waals surface area contributed by atoms with Gasteiger partial charge in [-0.1, -0.05) is 42.5 Å². The Morgan fingerprint density at radius 1 is 0.338 bits per heavy atom. The molecule has 0 amide bonds. The summed E-state index contributed by atoms with van der Waals surface area (Å²) < 4.78 is 51.7. The lowest BCUT2D eigenvalue weighted by atomic mass is 10.0. The third kappa shape index (κ3) is 26.6. The highest BCUT2D eigenvalue weighted by Gasteiger charge is 2.19. The number of Topliss-reactive ketones (excluding diaryl/α,β-unsaturated/α-hetero) is 4. The molecule has 1 aliphatic heterocycles. The SMILES string of the molecule is CN(C)CCCn1ccc2cc(Nc3ccc(C(=O)Cc4ccc5c(c4)OCO5)cc3)ccc21.CN(C)CCCn1ccc2cc(Nc3ccc(C(=O)Cc4cccc(F)c4)cc3)ccc21.COc1cccc(CC(=O)c2ccc(Nc3ccc4c(ccn4CCCN(C)C)c3)cc2)c1.Cc1c(C)n(CCCN(C)C)c2ccc(Nc3ccc(C(=O)Cc4ccc(F)cc4)cc3)cc12. The van der Waals surface area contributed by atoms with Crippen LogP contribution in [0, 0.1) is 25.5 Å². The van der Waals surface area contributed by atoms with Gasteiger partial charge in [-0.2, -0.15) is 0 Å². The first kappa shape index (κ1) is 94.9. The summed E-state index contributed by atoms with van der Waals surface area (Å²) in [7, 11) is 18.5. The van der Waals surface area contributed by atoms with Gasteiger partial charge in [0.25, 0.3) is 0 Å². The third-order valence-electron chi connectivity index (χ3n) is 23.8. The lowest BCUT2D eigenvalue weighted by Crippen LogP contribution is -2.15. The number of hydrogen-bond acceptors (Lipinski definition) is 15. The number of anilines is 8. The van der Waals surface area contributed by atoms with Crippen molar-refractivity contribution in [2.45, 2.75) is 91.4 Å². The number of ketones is 4. The molecular weight excluding hydrogens is 1660 g/mol. The van der Waals surface area contributed by atoms with Crippen LogP contribution in [0.4, 0.5) is 54.3 Å². The normalized spacial score (nSPS) is 11.6. The summed E-state index contributed by atoms with van der Waals surface area (Å²) in [6, 6.07) is 87.9. The van der Waals surface area contributed by atoms with Crippen molar-refractivity contribution in [2.75, 3.05) is 118 Å². The predicted octanol–water partition coefficient (Wildman–Crippen LogP) is 23.7. The number of benzene rings is 12. The molecule has 4 N–H and O–H groups in total. The summed E-state index contributed by atoms with van der Waals surface area (Å²) in [5, 5.41) is 18.7. The molecule has 4 aromatic heterocycles. The van der Waals surface area contributed by atoms with E-state index >= 15 is 0 Å². The molecule has 0 spiro atoms. The Morgan fingerprint density at radius 3 is 1.08 bits per heavy atom. The van der Waals surface area contributed by atoms with Gasteiger partial charge < -0.3 is 73.3 Å². The number of nitrogens with one attached hydrogen (secondary N) is 4. The molecule has 684 valence electrons. The van der Waals surface area contributed by atoms with E-state index in [0.29, 0.717) is 46.4 Å². The minimum atomic E-state index is -0.323. The monoisotopic (exact) mass is 1780 g/mol. The number of carbonyl (C=O) groups is 4. The van der Waals surface area contributed by atoms with Crippen molar-refractivity contribution >= 4 is 112 Å². The molecule has 0 unspecified atom stereocenters. The van der Waals surface area contributed by atoms with Gasteiger partial charge in [-0.05, 0) is 386 Å². The zero-order chi connectivity index (χ0) is 93.4. The number of halogens is 2. The molecule has 0 saturated carbocycles. The van der Waals surface area contributed by atoms with E-state index in [1.165, 1.54) is 79.1 Å². The van der Waals surface area contributed by atoms with Gasteiger partial charge in [-0.25, -0.2) is 8.78 Å². The van der Waals surface area contributed by atoms with Crippen LogP contribution in [0.25, 0.3) is 43.6 Å². The highest BCUT2D eigenvalue weighted by atomic mass is 19.1. The molecule has 16 aromatic rings. The topological polar surface area (TPSA) is 177 Å². The van der Waals surface area contributed by atoms with Crippen molar-refractivity contribution in [3.63, 3.8) is 0 Å². The molecule has 0 bridgehead atoms. The molecule has 19 nitrogen and oxygen atoms in total. The van der Waals surface area contributed by atoms with E-state index in [9.17, 15) is 28.0 Å². The predicted molar refractivity (Wildman–Crippen MR) is 539 cm³/mol. The minimum Gasteiger partial charge on any atom is -0.497 e. The Bertz CT molecular complexity index is 6630. The van der Waals surface area contributed by atoms with Gasteiger partial charge >= 0.3 is 0 Å². The van der Waals surface area contributed by atoms with Crippen molar-refractivity contribution in [1.82, 2.24) is 37.9 Å². The largest absolute Gasteiger partial charge is 0.497 e. The molecule has 21 heteroatoms. The third-order valence-corrected chi connectivity index (χ3v) is 23.8. The highest BCUT2D eigenvalue weighted by molar-refractivity contribution is 6.01. The first-order chi connectivity index (χ1) is 64.3. The molecule has 0 saturated heterocycles. The maximum Gasteiger partial charge on any atom is 0.231 e. The van der Waals surface area contributed by atoms with Gasteiger partial charge in [0.1, 0.15) is 17.4 Å². The standard InChI is InChI=1S/C29H32FN3O.C28H29N3O3.C28H31N3O2.C27H28FN3O/c1-20-21(2)33(17-5-16-32(3)4)28-15-14-26(19-27(20)28)31-25-12-8-23(9-13-25)29(34)18-22-6-10-24(30)11-7-22;1-30(2)13-3-14-31-15-12-22-18-24(9-10-25(22)31)29-23-7-5-21(6-8-23)26(32)16-20-4-11-27-28(17-20)34-19-33-27;1-30(2)15-5-16-31-17-14-23-20-25(12-13-27(23)31)29-24-10-8-22(9-11-24)28(32)19-21-6-4-7-26(18-21)33-3;1-30(2)14-4-15-31-16-13-22-19-25(11-12-26(22)31)29-24-9-7-21(8-10-24)27(32)18-20-5-3-6-23(28)17-20/h6-15,19,31H,5,16-18H2,1-4H3;4-12,15,17-18,29H,3,13-14,16,19H2,1-2H3;4,6-14,17-18,20,29H,5,15-16,19H2,1-3H3;3,5-13,16-17,19,29H,4,14-15,18H2,1-2H3. The fraction of sp³-hybridized carbons (Fsp3) is 0.250. The summed E-state index contributed by atoms with van der Waals surface area (Å²) >= 11 is 0. The van der Waals surface area contributed by atoms with Crippen LogP contribution in [-0.4, -0.2) is 157 Å². The Morgan fingerprint density at radius 2 is 0.684 bits per heavy atom. The molecule has 1 aliphatic rings. The smallest absolute Gasteiger partial charge is 0.231 e. The molecule has 0 fully saturated rings. The summed E-state index contributed by atoms with van der Waals surface area (Å²) in [4.78, 5) is 59.4. The van der Waals surface area contributed by atoms with Crippen LogP contribution in [0.1, 0.15) is 101 Å². The number of methoxy groups -OCH3 is 1. The number of fused-ring (bicyclic) bond motifs is 5. The molecule has 17 rings (SSSR count). The van der Waals surface area contributed by atoms with Gasteiger partial charge in [0.2, 0.25) is 6.79 Å². The van der Waals surface area contributed by atoms with Crippen LogP contribution < -0.4 is 35.5 Å². The number of aromatic nitrogens is 4. The van der Waals surface area contributed by atoms with Crippen LogP contribution >= 0.6 is 0 Å². The molecule has 0 aliphatic carbocycles. The van der Waals surface area contributed by atoms with Gasteiger partial charge in [0.05, 0.1) is 7.11 Å². The number of aryl methyl sites for hydroxylation is 5. The fourth-order valence-corrected chi connectivity index (χ4v) is 16.5. The Balaban J connectivity index is 0.000000143. The summed E-state index contributed by atoms with van der Waals surface area (Å²) in [5.74, 6) is 1.72. The van der Waals surface area contributed by atoms with Crippen LogP contribution in [0.3, 0.4) is 0 Å². The van der Waals surface area contributed by atoms with E-state index in [1.54, 1.807) is 31.4 Å². The Labute approximate surface area is 779 Å². The van der Waals surface area contributed by atoms with E-state index in [2.05, 4.69) is 239 Å². The zero-order valence-corrected chi connectivity index (χ0v) is 78.0. The number of ether oxygens (including phenoxy) is 3. The van der Waals surface area contributed by atoms with Gasteiger partial charge in [-0.15, -0.1) is 0 Å². The van der Waals surface area contributed by atoms with Gasteiger partial charge in [0.15, 0.2) is 34.6 Å². The summed E-state index contributed by atoms with van der Waals surface area (Å²) in [5.41, 5.74) is 21.4. The van der Waals surface area contributed by atoms with Crippen LogP contribution in [-0.2, 0) is 51.9 Å². The number of rotatable bonds is 37. The molecule has 12 aromatic carbocycles. The molecular formula is C112H120F2N12O7. The lowest BCUT2D eigenvalue weighted by molar-refractivity contribution is 0.0984. The average molecular weight is 1780 g/mol. The molecule has 133 heavy (non-hydrogen) atoms. The van der Waals surface area contributed by atoms with E-state index in [4.69, 9.17) is 14.2 Å². The minimum absolute atomic E-state index is 0.0151. The summed E-state index contributed by atoms with van der Waals surface area (Å²) in [6.45, 7) is 12.9. The maximum absolute atomic E-state index is 13.3. The van der Waals surface area contributed by atoms with Crippen molar-refractivity contribution in [3.8, 4) is 17.2 Å². The van der Waals surface area contributed by atoms with Crippen LogP contribution in [0.15, 0.2) is 298 Å². The zero-order valence-electron chi connectivity index (χ0n) is 78.0. The molecule has 5 heterocycles. The second kappa shape index (κ2) is 45.6. The van der Waals surface area contributed by atoms with Crippen LogP contribution in [0.5, 0.6) is 17.2 Å². The van der Waals surface area contributed by atoms with Crippen molar-refractivity contribution in [1.29, 1.82) is 0 Å². The Kier molecular flexibility index (Phi) is 32.5. The quantitative estimate of drug-likeness (QED) is 0.0270. The second-order valence-electron chi connectivity index (χ2n) is 35.1. The number of hydrogen-bond donors (Lipinski definition) is 4. The Hall–Kier alpha value is -14.2. The highest BCUT2D eigenvalue weighted by Crippen LogP contribution is 2.36. The first-order valence-electron chi connectivity index (χ1n) is 45.4. The number of carbonyl (C=O) groups excluding carboxylic acids is 4. The van der Waals surface area contributed by atoms with E-state index < -0.39 is 0 Å². The van der Waals surface area contributed by atoms with E-state index in [0.717, 1.165) is 152 Å². The van der Waals surface area contributed by atoms with Gasteiger partial charge in [-0.3, -0.25) is 19.2 Å². The van der Waals surface area contributed by atoms with Crippen molar-refractivity contribution < 1.29 is 42.2 Å². The number of nitrogens with zero attached hydrogens (tertiary/aromatic N) is 8.